The second-order valence-electron chi connectivity index (χ2n) is 6.57. The number of amidine groups is 1. The molecule has 146 valence electrons. The molecule has 1 heterocycles. The third kappa shape index (κ3) is 4.54. The number of anilines is 1. The van der Waals surface area contributed by atoms with E-state index >= 15 is 0 Å². The summed E-state index contributed by atoms with van der Waals surface area (Å²) in [6, 6.07) is 9.85. The Hall–Kier alpha value is -2.38. The van der Waals surface area contributed by atoms with Crippen LogP contribution in [-0.2, 0) is 9.59 Å². The van der Waals surface area contributed by atoms with Crippen molar-refractivity contribution in [1.82, 2.24) is 4.90 Å². The molecule has 1 atom stereocenters. The maximum absolute atomic E-state index is 13.3. The number of carbonyl (C=O) groups is 2. The molecule has 28 heavy (non-hydrogen) atoms. The number of amides is 2. The van der Waals surface area contributed by atoms with E-state index in [1.165, 1.54) is 34.9 Å². The molecule has 1 aliphatic heterocycles. The summed E-state index contributed by atoms with van der Waals surface area (Å²) in [5, 5.41) is 2.69. The van der Waals surface area contributed by atoms with Crippen molar-refractivity contribution in [2.45, 2.75) is 25.5 Å². The summed E-state index contributed by atoms with van der Waals surface area (Å²) in [7, 11) is 1.60. The minimum Gasteiger partial charge on any atom is -0.326 e. The van der Waals surface area contributed by atoms with Crippen LogP contribution in [0.5, 0.6) is 0 Å². The van der Waals surface area contributed by atoms with Gasteiger partial charge in [0.2, 0.25) is 11.8 Å². The fourth-order valence-corrected chi connectivity index (χ4v) is 4.11. The minimum atomic E-state index is -0.564. The standard InChI is InChI=1S/C20H19ClFN3O2S/c1-11-4-7-16(12(2)8-11)24-18(26)10-17-19(27)25(3)20(28-17)23-13-5-6-15(22)14(21)9-13/h4-9,17H,10H2,1-3H3,(H,24,26). The van der Waals surface area contributed by atoms with Crippen molar-refractivity contribution < 1.29 is 14.0 Å². The van der Waals surface area contributed by atoms with Crippen LogP contribution in [0.2, 0.25) is 5.02 Å². The Morgan fingerprint density at radius 1 is 1.29 bits per heavy atom. The Bertz CT molecular complexity index is 980. The third-order valence-electron chi connectivity index (χ3n) is 4.30. The maximum atomic E-state index is 13.3. The zero-order valence-corrected chi connectivity index (χ0v) is 17.2. The van der Waals surface area contributed by atoms with Crippen molar-refractivity contribution in [3.63, 3.8) is 0 Å². The van der Waals surface area contributed by atoms with Gasteiger partial charge in [-0.1, -0.05) is 41.1 Å². The molecule has 0 spiro atoms. The van der Waals surface area contributed by atoms with Crippen LogP contribution in [0.4, 0.5) is 15.8 Å². The van der Waals surface area contributed by atoms with Gasteiger partial charge < -0.3 is 5.32 Å². The molecule has 2 amide bonds. The summed E-state index contributed by atoms with van der Waals surface area (Å²) in [4.78, 5) is 30.7. The highest BCUT2D eigenvalue weighted by molar-refractivity contribution is 8.15. The number of aliphatic imine (C=N–C) groups is 1. The third-order valence-corrected chi connectivity index (χ3v) is 5.81. The van der Waals surface area contributed by atoms with Crippen molar-refractivity contribution in [3.05, 3.63) is 58.4 Å². The van der Waals surface area contributed by atoms with E-state index < -0.39 is 11.1 Å². The lowest BCUT2D eigenvalue weighted by atomic mass is 10.1. The monoisotopic (exact) mass is 419 g/mol. The highest BCUT2D eigenvalue weighted by Gasteiger charge is 2.37. The molecule has 1 unspecified atom stereocenters. The zero-order valence-electron chi connectivity index (χ0n) is 15.6. The SMILES string of the molecule is Cc1ccc(NC(=O)CC2SC(=Nc3ccc(F)c(Cl)c3)N(C)C2=O)c(C)c1. The summed E-state index contributed by atoms with van der Waals surface area (Å²) >= 11 is 6.98. The molecular weight excluding hydrogens is 401 g/mol. The van der Waals surface area contributed by atoms with E-state index in [1.807, 2.05) is 32.0 Å². The van der Waals surface area contributed by atoms with Crippen LogP contribution in [0.15, 0.2) is 41.4 Å². The van der Waals surface area contributed by atoms with Crippen molar-refractivity contribution in [2.75, 3.05) is 12.4 Å². The molecule has 0 aromatic heterocycles. The second kappa shape index (κ2) is 8.32. The van der Waals surface area contributed by atoms with Gasteiger partial charge in [0.25, 0.3) is 0 Å². The van der Waals surface area contributed by atoms with Gasteiger partial charge in [0.15, 0.2) is 5.17 Å². The predicted molar refractivity (Wildman–Crippen MR) is 112 cm³/mol. The lowest BCUT2D eigenvalue weighted by Crippen LogP contribution is -2.30. The molecule has 1 fully saturated rings. The molecule has 0 radical (unpaired) electrons. The van der Waals surface area contributed by atoms with Gasteiger partial charge in [-0.15, -0.1) is 0 Å². The fraction of sp³-hybridized carbons (Fsp3) is 0.250. The fourth-order valence-electron chi connectivity index (χ4n) is 2.79. The Kier molecular flexibility index (Phi) is 6.05. The zero-order chi connectivity index (χ0) is 20.4. The number of aryl methyl sites for hydroxylation is 2. The maximum Gasteiger partial charge on any atom is 0.242 e. The van der Waals surface area contributed by atoms with Crippen LogP contribution < -0.4 is 5.32 Å². The first-order chi connectivity index (χ1) is 13.2. The van der Waals surface area contributed by atoms with E-state index in [2.05, 4.69) is 10.3 Å². The number of carbonyl (C=O) groups excluding carboxylic acids is 2. The summed E-state index contributed by atoms with van der Waals surface area (Å²) in [6.45, 7) is 3.90. The number of nitrogens with one attached hydrogen (secondary N) is 1. The summed E-state index contributed by atoms with van der Waals surface area (Å²) in [6.07, 6.45) is 0.0321. The number of hydrogen-bond donors (Lipinski definition) is 1. The quantitative estimate of drug-likeness (QED) is 0.782. The Morgan fingerprint density at radius 3 is 2.71 bits per heavy atom. The Labute approximate surface area is 172 Å². The lowest BCUT2D eigenvalue weighted by molar-refractivity contribution is -0.127. The van der Waals surface area contributed by atoms with Crippen LogP contribution in [0.25, 0.3) is 0 Å². The van der Waals surface area contributed by atoms with Crippen LogP contribution in [-0.4, -0.2) is 34.2 Å². The molecule has 1 aliphatic rings. The van der Waals surface area contributed by atoms with Gasteiger partial charge >= 0.3 is 0 Å². The van der Waals surface area contributed by atoms with Gasteiger partial charge in [0.05, 0.1) is 10.7 Å². The topological polar surface area (TPSA) is 61.8 Å². The van der Waals surface area contributed by atoms with Crippen LogP contribution in [0.3, 0.4) is 0 Å². The molecule has 0 bridgehead atoms. The van der Waals surface area contributed by atoms with E-state index in [9.17, 15) is 14.0 Å². The van der Waals surface area contributed by atoms with Gasteiger partial charge in [-0.25, -0.2) is 9.38 Å². The van der Waals surface area contributed by atoms with Gasteiger partial charge in [-0.3, -0.25) is 14.5 Å². The van der Waals surface area contributed by atoms with Crippen LogP contribution >= 0.6 is 23.4 Å². The first-order valence-corrected chi connectivity index (χ1v) is 9.85. The number of benzene rings is 2. The first-order valence-electron chi connectivity index (χ1n) is 8.59. The van der Waals surface area contributed by atoms with Crippen molar-refractivity contribution >= 4 is 51.7 Å². The Morgan fingerprint density at radius 2 is 2.04 bits per heavy atom. The predicted octanol–water partition coefficient (Wildman–Crippen LogP) is 4.69. The normalized spacial score (nSPS) is 18.0. The molecular formula is C20H19ClFN3O2S. The summed E-state index contributed by atoms with van der Waals surface area (Å²) in [5.41, 5.74) is 3.25. The van der Waals surface area contributed by atoms with Crippen LogP contribution in [0, 0.1) is 19.7 Å². The molecule has 2 aromatic carbocycles. The van der Waals surface area contributed by atoms with Gasteiger partial charge in [-0.2, -0.15) is 0 Å². The average Bonchev–Trinajstić information content (AvgIpc) is 2.88. The number of rotatable bonds is 4. The van der Waals surface area contributed by atoms with Crippen molar-refractivity contribution in [3.8, 4) is 0 Å². The van der Waals surface area contributed by atoms with Crippen LogP contribution in [0.1, 0.15) is 17.5 Å². The molecule has 5 nitrogen and oxygen atoms in total. The first kappa shape index (κ1) is 20.4. The lowest BCUT2D eigenvalue weighted by Gasteiger charge is -2.11. The number of thioether (sulfide) groups is 1. The average molecular weight is 420 g/mol. The molecule has 8 heteroatoms. The molecule has 2 aromatic rings. The van der Waals surface area contributed by atoms with Crippen molar-refractivity contribution in [2.24, 2.45) is 4.99 Å². The minimum absolute atomic E-state index is 0.0321. The smallest absolute Gasteiger partial charge is 0.242 e. The molecule has 0 saturated carbocycles. The second-order valence-corrected chi connectivity index (χ2v) is 8.14. The van der Waals surface area contributed by atoms with E-state index in [4.69, 9.17) is 11.6 Å². The molecule has 1 saturated heterocycles. The van der Waals surface area contributed by atoms with Gasteiger partial charge in [0.1, 0.15) is 11.1 Å². The van der Waals surface area contributed by atoms with E-state index in [0.717, 1.165) is 16.8 Å². The highest BCUT2D eigenvalue weighted by atomic mass is 35.5. The molecule has 3 rings (SSSR count). The molecule has 1 N–H and O–H groups in total. The number of halogens is 2. The van der Waals surface area contributed by atoms with E-state index in [0.29, 0.717) is 10.9 Å². The summed E-state index contributed by atoms with van der Waals surface area (Å²) in [5.74, 6) is -0.972. The molecule has 0 aliphatic carbocycles. The number of nitrogens with zero attached hydrogens (tertiary/aromatic N) is 2. The van der Waals surface area contributed by atoms with Gasteiger partial charge in [-0.05, 0) is 43.7 Å². The Balaban J connectivity index is 1.69. The van der Waals surface area contributed by atoms with E-state index in [1.54, 1.807) is 7.05 Å². The van der Waals surface area contributed by atoms with Gasteiger partial charge in [0, 0.05) is 19.2 Å². The number of hydrogen-bond acceptors (Lipinski definition) is 4. The highest BCUT2D eigenvalue weighted by Crippen LogP contribution is 2.32. The van der Waals surface area contributed by atoms with E-state index in [-0.39, 0.29) is 23.3 Å². The largest absolute Gasteiger partial charge is 0.326 e. The van der Waals surface area contributed by atoms with Crippen molar-refractivity contribution in [1.29, 1.82) is 0 Å². The summed E-state index contributed by atoms with van der Waals surface area (Å²) < 4.78 is 13.3.